The van der Waals surface area contributed by atoms with Crippen LogP contribution in [0.15, 0.2) is 35.2 Å². The zero-order valence-electron chi connectivity index (χ0n) is 16.3. The van der Waals surface area contributed by atoms with Crippen LogP contribution in [0.5, 0.6) is 23.0 Å². The molecule has 0 N–H and O–H groups in total. The van der Waals surface area contributed by atoms with Gasteiger partial charge in [0.05, 0.1) is 27.4 Å². The van der Waals surface area contributed by atoms with Gasteiger partial charge in [0.25, 0.3) is 5.91 Å². The molecule has 0 aromatic heterocycles. The summed E-state index contributed by atoms with van der Waals surface area (Å²) in [7, 11) is 0. The van der Waals surface area contributed by atoms with Crippen molar-refractivity contribution in [3.63, 3.8) is 0 Å². The average molecular weight is 555 g/mol. The Labute approximate surface area is 197 Å². The molecule has 4 rings (SSSR count). The number of hydrogen-bond acceptors (Lipinski definition) is 7. The van der Waals surface area contributed by atoms with E-state index >= 15 is 0 Å². The van der Waals surface area contributed by atoms with Gasteiger partial charge in [0.2, 0.25) is 6.79 Å². The number of ether oxygens (including phenoxy) is 4. The Morgan fingerprint density at radius 3 is 2.70 bits per heavy atom. The third kappa shape index (κ3) is 4.10. The van der Waals surface area contributed by atoms with Crippen molar-refractivity contribution in [2.45, 2.75) is 13.8 Å². The topological polar surface area (TPSA) is 57.2 Å². The molecule has 6 nitrogen and oxygen atoms in total. The third-order valence-electron chi connectivity index (χ3n) is 4.33. The van der Waals surface area contributed by atoms with Crippen LogP contribution in [0.3, 0.4) is 0 Å². The van der Waals surface area contributed by atoms with Crippen LogP contribution in [0.4, 0.5) is 5.69 Å². The quantitative estimate of drug-likeness (QED) is 0.275. The molecular weight excluding hydrogens is 537 g/mol. The van der Waals surface area contributed by atoms with Gasteiger partial charge in [0, 0.05) is 6.07 Å². The van der Waals surface area contributed by atoms with Crippen molar-refractivity contribution >= 4 is 68.6 Å². The van der Waals surface area contributed by atoms with Crippen LogP contribution >= 0.6 is 46.6 Å². The molecule has 0 atom stereocenters. The largest absolute Gasteiger partial charge is 0.490 e. The van der Waals surface area contributed by atoms with Crippen molar-refractivity contribution in [3.05, 3.63) is 44.4 Å². The SMILES string of the molecule is CCOc1cc(/C=C2/SC(=S)N(c3ccc4c(c3)OCO4)C2=O)cc(I)c1OCC. The molecule has 2 heterocycles. The summed E-state index contributed by atoms with van der Waals surface area (Å²) < 4.78 is 23.6. The van der Waals surface area contributed by atoms with Crippen molar-refractivity contribution in [2.75, 3.05) is 24.9 Å². The summed E-state index contributed by atoms with van der Waals surface area (Å²) in [4.78, 5) is 15.2. The first kappa shape index (κ1) is 21.3. The lowest BCUT2D eigenvalue weighted by Crippen LogP contribution is -2.27. The normalized spacial score (nSPS) is 16.5. The number of anilines is 1. The molecule has 0 aliphatic carbocycles. The number of thiocarbonyl (C=S) groups is 1. The molecule has 2 aliphatic heterocycles. The summed E-state index contributed by atoms with van der Waals surface area (Å²) in [5.41, 5.74) is 1.50. The number of halogens is 1. The van der Waals surface area contributed by atoms with Crippen LogP contribution in [0.2, 0.25) is 0 Å². The maximum absolute atomic E-state index is 13.1. The van der Waals surface area contributed by atoms with Crippen molar-refractivity contribution in [1.82, 2.24) is 0 Å². The molecule has 2 aromatic rings. The molecule has 0 radical (unpaired) electrons. The van der Waals surface area contributed by atoms with Crippen LogP contribution in [-0.2, 0) is 4.79 Å². The molecule has 0 saturated carbocycles. The van der Waals surface area contributed by atoms with Crippen LogP contribution in [-0.4, -0.2) is 30.2 Å². The zero-order valence-corrected chi connectivity index (χ0v) is 20.1. The molecule has 1 amide bonds. The number of rotatable bonds is 6. The van der Waals surface area contributed by atoms with Gasteiger partial charge < -0.3 is 18.9 Å². The first-order valence-corrected chi connectivity index (χ1v) is 11.6. The predicted molar refractivity (Wildman–Crippen MR) is 130 cm³/mol. The van der Waals surface area contributed by atoms with E-state index in [1.165, 1.54) is 16.7 Å². The van der Waals surface area contributed by atoms with E-state index in [1.54, 1.807) is 18.2 Å². The molecule has 1 fully saturated rings. The molecule has 9 heteroatoms. The number of carbonyl (C=O) groups excluding carboxylic acids is 1. The molecule has 1 saturated heterocycles. The summed E-state index contributed by atoms with van der Waals surface area (Å²) in [5, 5.41) is 0. The molecule has 30 heavy (non-hydrogen) atoms. The number of thioether (sulfide) groups is 1. The number of nitrogens with zero attached hydrogens (tertiary/aromatic N) is 1. The summed E-state index contributed by atoms with van der Waals surface area (Å²) >= 11 is 8.96. The Hall–Kier alpha value is -1.98. The maximum Gasteiger partial charge on any atom is 0.270 e. The minimum absolute atomic E-state index is 0.175. The number of hydrogen-bond donors (Lipinski definition) is 0. The van der Waals surface area contributed by atoms with E-state index in [0.717, 1.165) is 9.13 Å². The fourth-order valence-electron chi connectivity index (χ4n) is 3.08. The van der Waals surface area contributed by atoms with E-state index in [0.29, 0.717) is 51.1 Å². The lowest BCUT2D eigenvalue weighted by atomic mass is 10.1. The molecule has 156 valence electrons. The Balaban J connectivity index is 1.65. The Morgan fingerprint density at radius 1 is 1.17 bits per heavy atom. The fraction of sp³-hybridized carbons (Fsp3) is 0.238. The van der Waals surface area contributed by atoms with Crippen LogP contribution < -0.4 is 23.8 Å². The summed E-state index contributed by atoms with van der Waals surface area (Å²) in [5.74, 6) is 2.46. The van der Waals surface area contributed by atoms with Gasteiger partial charge >= 0.3 is 0 Å². The van der Waals surface area contributed by atoms with Crippen molar-refractivity contribution in [1.29, 1.82) is 0 Å². The Kier molecular flexibility index (Phi) is 6.40. The summed E-state index contributed by atoms with van der Waals surface area (Å²) in [6.45, 7) is 5.10. The monoisotopic (exact) mass is 555 g/mol. The minimum Gasteiger partial charge on any atom is -0.490 e. The van der Waals surface area contributed by atoms with E-state index in [-0.39, 0.29) is 12.7 Å². The first-order chi connectivity index (χ1) is 14.5. The second kappa shape index (κ2) is 9.03. The van der Waals surface area contributed by atoms with Gasteiger partial charge in [-0.1, -0.05) is 24.0 Å². The predicted octanol–water partition coefficient (Wildman–Crippen LogP) is 5.22. The van der Waals surface area contributed by atoms with Crippen LogP contribution in [0, 0.1) is 3.57 Å². The molecule has 0 bridgehead atoms. The highest BCUT2D eigenvalue weighted by molar-refractivity contribution is 14.1. The zero-order chi connectivity index (χ0) is 21.3. The average Bonchev–Trinajstić information content (AvgIpc) is 3.28. The summed E-state index contributed by atoms with van der Waals surface area (Å²) in [6.07, 6.45) is 1.83. The van der Waals surface area contributed by atoms with Gasteiger partial charge in [-0.05, 0) is 72.3 Å². The van der Waals surface area contributed by atoms with Gasteiger partial charge in [-0.25, -0.2) is 0 Å². The van der Waals surface area contributed by atoms with Gasteiger partial charge in [-0.15, -0.1) is 0 Å². The van der Waals surface area contributed by atoms with Crippen molar-refractivity contribution in [2.24, 2.45) is 0 Å². The van der Waals surface area contributed by atoms with E-state index < -0.39 is 0 Å². The van der Waals surface area contributed by atoms with Gasteiger partial charge in [0.15, 0.2) is 27.3 Å². The van der Waals surface area contributed by atoms with E-state index in [4.69, 9.17) is 31.2 Å². The van der Waals surface area contributed by atoms with Crippen molar-refractivity contribution < 1.29 is 23.7 Å². The molecule has 2 aromatic carbocycles. The Bertz CT molecular complexity index is 1060. The van der Waals surface area contributed by atoms with Crippen LogP contribution in [0.25, 0.3) is 6.08 Å². The Morgan fingerprint density at radius 2 is 1.93 bits per heavy atom. The minimum atomic E-state index is -0.175. The van der Waals surface area contributed by atoms with Gasteiger partial charge in [0.1, 0.15) is 0 Å². The van der Waals surface area contributed by atoms with E-state index in [9.17, 15) is 4.79 Å². The lowest BCUT2D eigenvalue weighted by molar-refractivity contribution is -0.113. The fourth-order valence-corrected chi connectivity index (χ4v) is 5.16. The molecular formula is C21H18INO5S2. The maximum atomic E-state index is 13.1. The van der Waals surface area contributed by atoms with Gasteiger partial charge in [-0.3, -0.25) is 9.69 Å². The molecule has 0 spiro atoms. The molecule has 0 unspecified atom stereocenters. The highest BCUT2D eigenvalue weighted by Crippen LogP contribution is 2.41. The van der Waals surface area contributed by atoms with E-state index in [1.807, 2.05) is 32.1 Å². The number of amides is 1. The van der Waals surface area contributed by atoms with Crippen molar-refractivity contribution in [3.8, 4) is 23.0 Å². The first-order valence-electron chi connectivity index (χ1n) is 9.28. The second-order valence-electron chi connectivity index (χ2n) is 6.25. The summed E-state index contributed by atoms with van der Waals surface area (Å²) in [6, 6.07) is 9.19. The standard InChI is InChI=1S/C21H18INO5S2/c1-3-25-17-8-12(7-14(22)19(17)26-4-2)9-18-20(24)23(21(29)30-18)13-5-6-15-16(10-13)28-11-27-15/h5-10H,3-4,11H2,1-2H3/b18-9+. The van der Waals surface area contributed by atoms with Gasteiger partial charge in [-0.2, -0.15) is 0 Å². The highest BCUT2D eigenvalue weighted by Gasteiger charge is 2.34. The molecule has 2 aliphatic rings. The number of carbonyl (C=O) groups is 1. The van der Waals surface area contributed by atoms with E-state index in [2.05, 4.69) is 22.6 Å². The van der Waals surface area contributed by atoms with Crippen LogP contribution in [0.1, 0.15) is 19.4 Å². The number of benzene rings is 2. The number of fused-ring (bicyclic) bond motifs is 1. The third-order valence-corrected chi connectivity index (χ3v) is 6.43. The second-order valence-corrected chi connectivity index (χ2v) is 9.09. The highest BCUT2D eigenvalue weighted by atomic mass is 127. The smallest absolute Gasteiger partial charge is 0.270 e. The lowest BCUT2D eigenvalue weighted by Gasteiger charge is -2.15.